The molecule has 0 radical (unpaired) electrons. The van der Waals surface area contributed by atoms with E-state index in [-0.39, 0.29) is 17.9 Å². The quantitative estimate of drug-likeness (QED) is 0.698. The van der Waals surface area contributed by atoms with Crippen molar-refractivity contribution in [2.45, 2.75) is 20.8 Å². The summed E-state index contributed by atoms with van der Waals surface area (Å²) in [6.45, 7) is 5.17. The molecule has 0 bridgehead atoms. The minimum absolute atomic E-state index is 0.0409. The zero-order valence-corrected chi connectivity index (χ0v) is 10.5. The van der Waals surface area contributed by atoms with Gasteiger partial charge in [-0.25, -0.2) is 14.8 Å². The summed E-state index contributed by atoms with van der Waals surface area (Å²) < 4.78 is 0. The lowest BCUT2D eigenvalue weighted by atomic mass is 9.93. The van der Waals surface area contributed by atoms with E-state index in [1.165, 1.54) is 6.20 Å². The summed E-state index contributed by atoms with van der Waals surface area (Å²) >= 11 is 0. The van der Waals surface area contributed by atoms with Crippen molar-refractivity contribution in [3.63, 3.8) is 0 Å². The maximum Gasteiger partial charge on any atom is 0.341 e. The van der Waals surface area contributed by atoms with Gasteiger partial charge in [0.1, 0.15) is 17.2 Å². The Morgan fingerprint density at radius 3 is 2.61 bits per heavy atom. The summed E-state index contributed by atoms with van der Waals surface area (Å²) in [7, 11) is 0. The number of hydrogen-bond acceptors (Lipinski definition) is 5. The molecule has 0 aliphatic heterocycles. The number of aromatic nitrogens is 2. The fraction of sp³-hybridized carbons (Fsp3) is 0.455. The number of aryl methyl sites for hydroxylation is 1. The van der Waals surface area contributed by atoms with Crippen molar-refractivity contribution in [1.82, 2.24) is 9.97 Å². The maximum atomic E-state index is 11.2. The van der Waals surface area contributed by atoms with Crippen LogP contribution in [0.15, 0.2) is 6.20 Å². The van der Waals surface area contributed by atoms with Gasteiger partial charge in [0, 0.05) is 12.7 Å². The smallest absolute Gasteiger partial charge is 0.341 e. The molecule has 1 heterocycles. The van der Waals surface area contributed by atoms with Gasteiger partial charge in [-0.3, -0.25) is 4.79 Å². The molecule has 0 unspecified atom stereocenters. The first-order valence-corrected chi connectivity index (χ1v) is 5.35. The van der Waals surface area contributed by atoms with Crippen molar-refractivity contribution < 1.29 is 14.7 Å². The van der Waals surface area contributed by atoms with Gasteiger partial charge in [-0.15, -0.1) is 0 Å². The lowest BCUT2D eigenvalue weighted by Crippen LogP contribution is -2.37. The largest absolute Gasteiger partial charge is 0.477 e. The van der Waals surface area contributed by atoms with Crippen LogP contribution >= 0.6 is 0 Å². The second-order valence-corrected chi connectivity index (χ2v) is 4.59. The number of anilines is 1. The molecule has 4 N–H and O–H groups in total. The van der Waals surface area contributed by atoms with E-state index in [1.54, 1.807) is 20.8 Å². The van der Waals surface area contributed by atoms with E-state index in [9.17, 15) is 9.59 Å². The van der Waals surface area contributed by atoms with Gasteiger partial charge in [-0.1, -0.05) is 0 Å². The Morgan fingerprint density at radius 2 is 2.11 bits per heavy atom. The molecule has 0 fully saturated rings. The molecule has 0 saturated carbocycles. The summed E-state index contributed by atoms with van der Waals surface area (Å²) in [4.78, 5) is 30.0. The van der Waals surface area contributed by atoms with Crippen LogP contribution in [-0.4, -0.2) is 33.5 Å². The van der Waals surface area contributed by atoms with Crippen molar-refractivity contribution in [1.29, 1.82) is 0 Å². The van der Waals surface area contributed by atoms with Crippen LogP contribution in [0.25, 0.3) is 0 Å². The number of carboxylic acids is 1. The third-order valence-electron chi connectivity index (χ3n) is 2.50. The highest BCUT2D eigenvalue weighted by molar-refractivity contribution is 5.92. The highest BCUT2D eigenvalue weighted by atomic mass is 16.4. The lowest BCUT2D eigenvalue weighted by molar-refractivity contribution is -0.125. The second kappa shape index (κ2) is 4.99. The molecule has 1 amide bonds. The molecule has 0 aliphatic rings. The van der Waals surface area contributed by atoms with Crippen LogP contribution in [0.4, 0.5) is 5.82 Å². The van der Waals surface area contributed by atoms with E-state index in [4.69, 9.17) is 10.8 Å². The fourth-order valence-electron chi connectivity index (χ4n) is 1.15. The standard InChI is InChI=1S/C11H16N4O3/c1-6-13-4-7(9(16)17)8(15-6)14-5-11(2,3)10(12)18/h4H,5H2,1-3H3,(H2,12,18)(H,16,17)(H,13,14,15). The molecular weight excluding hydrogens is 236 g/mol. The van der Waals surface area contributed by atoms with E-state index in [0.717, 1.165) is 0 Å². The van der Waals surface area contributed by atoms with Gasteiger partial charge in [-0.2, -0.15) is 0 Å². The van der Waals surface area contributed by atoms with Crippen molar-refractivity contribution >= 4 is 17.7 Å². The first-order chi connectivity index (χ1) is 8.24. The molecule has 18 heavy (non-hydrogen) atoms. The summed E-state index contributed by atoms with van der Waals surface area (Å²) in [6.07, 6.45) is 1.23. The summed E-state index contributed by atoms with van der Waals surface area (Å²) in [6, 6.07) is 0. The van der Waals surface area contributed by atoms with Gasteiger partial charge >= 0.3 is 5.97 Å². The number of nitrogens with two attached hydrogens (primary N) is 1. The zero-order chi connectivity index (χ0) is 13.9. The number of nitrogens with zero attached hydrogens (tertiary/aromatic N) is 2. The molecular formula is C11H16N4O3. The highest BCUT2D eigenvalue weighted by Gasteiger charge is 2.25. The van der Waals surface area contributed by atoms with Crippen molar-refractivity contribution in [3.05, 3.63) is 17.6 Å². The van der Waals surface area contributed by atoms with Crippen molar-refractivity contribution in [2.24, 2.45) is 11.1 Å². The Morgan fingerprint density at radius 1 is 1.50 bits per heavy atom. The van der Waals surface area contributed by atoms with E-state index >= 15 is 0 Å². The van der Waals surface area contributed by atoms with Gasteiger partial charge in [0.05, 0.1) is 5.41 Å². The molecule has 1 rings (SSSR count). The topological polar surface area (TPSA) is 118 Å². The van der Waals surface area contributed by atoms with E-state index in [0.29, 0.717) is 5.82 Å². The molecule has 0 aliphatic carbocycles. The number of aromatic carboxylic acids is 1. The SMILES string of the molecule is Cc1ncc(C(=O)O)c(NCC(C)(C)C(N)=O)n1. The monoisotopic (exact) mass is 252 g/mol. The predicted octanol–water partition coefficient (Wildman–Crippen LogP) is 0.407. The number of amides is 1. The third-order valence-corrected chi connectivity index (χ3v) is 2.50. The number of rotatable bonds is 5. The number of primary amides is 1. The van der Waals surface area contributed by atoms with Gasteiger partial charge in [-0.05, 0) is 20.8 Å². The van der Waals surface area contributed by atoms with Gasteiger partial charge in [0.15, 0.2) is 0 Å². The first-order valence-electron chi connectivity index (χ1n) is 5.35. The van der Waals surface area contributed by atoms with E-state index in [1.807, 2.05) is 0 Å². The van der Waals surface area contributed by atoms with Crippen LogP contribution in [0.1, 0.15) is 30.0 Å². The molecule has 7 heteroatoms. The number of carbonyl (C=O) groups is 2. The molecule has 98 valence electrons. The van der Waals surface area contributed by atoms with Gasteiger partial charge < -0.3 is 16.2 Å². The van der Waals surface area contributed by atoms with Crippen LogP contribution in [0.3, 0.4) is 0 Å². The summed E-state index contributed by atoms with van der Waals surface area (Å²) in [5.41, 5.74) is 4.40. The Balaban J connectivity index is 2.94. The predicted molar refractivity (Wildman–Crippen MR) is 65.2 cm³/mol. The summed E-state index contributed by atoms with van der Waals surface area (Å²) in [5, 5.41) is 11.8. The average molecular weight is 252 g/mol. The number of nitrogens with one attached hydrogen (secondary N) is 1. The Hall–Kier alpha value is -2.18. The van der Waals surface area contributed by atoms with Crippen LogP contribution in [0.5, 0.6) is 0 Å². The first kappa shape index (κ1) is 13.9. The molecule has 0 aromatic carbocycles. The normalized spacial score (nSPS) is 11.1. The van der Waals surface area contributed by atoms with Gasteiger partial charge in [0.2, 0.25) is 5.91 Å². The molecule has 1 aromatic rings. The second-order valence-electron chi connectivity index (χ2n) is 4.59. The van der Waals surface area contributed by atoms with E-state index in [2.05, 4.69) is 15.3 Å². The zero-order valence-electron chi connectivity index (χ0n) is 10.5. The molecule has 0 atom stereocenters. The van der Waals surface area contributed by atoms with Crippen LogP contribution in [0.2, 0.25) is 0 Å². The number of carbonyl (C=O) groups excluding carboxylic acids is 1. The Bertz CT molecular complexity index is 485. The molecule has 1 aromatic heterocycles. The molecule has 7 nitrogen and oxygen atoms in total. The Kier molecular flexibility index (Phi) is 3.85. The van der Waals surface area contributed by atoms with Crippen LogP contribution in [-0.2, 0) is 4.79 Å². The van der Waals surface area contributed by atoms with Crippen LogP contribution < -0.4 is 11.1 Å². The number of carboxylic acid groups (broad SMARTS) is 1. The van der Waals surface area contributed by atoms with Crippen molar-refractivity contribution in [2.75, 3.05) is 11.9 Å². The van der Waals surface area contributed by atoms with E-state index < -0.39 is 17.3 Å². The van der Waals surface area contributed by atoms with Crippen molar-refractivity contribution in [3.8, 4) is 0 Å². The minimum atomic E-state index is -1.13. The maximum absolute atomic E-state index is 11.2. The van der Waals surface area contributed by atoms with Crippen LogP contribution in [0, 0.1) is 12.3 Å². The number of hydrogen-bond donors (Lipinski definition) is 3. The van der Waals surface area contributed by atoms with Gasteiger partial charge in [0.25, 0.3) is 0 Å². The molecule has 0 saturated heterocycles. The lowest BCUT2D eigenvalue weighted by Gasteiger charge is -2.21. The average Bonchev–Trinajstić information content (AvgIpc) is 2.26. The Labute approximate surface area is 104 Å². The third kappa shape index (κ3) is 3.16. The minimum Gasteiger partial charge on any atom is -0.477 e. The summed E-state index contributed by atoms with van der Waals surface area (Å²) in [5.74, 6) is -0.976. The molecule has 0 spiro atoms. The fourth-order valence-corrected chi connectivity index (χ4v) is 1.15. The highest BCUT2D eigenvalue weighted by Crippen LogP contribution is 2.17.